The number of carboxylic acid groups (broad SMARTS) is 1. The monoisotopic (exact) mass is 359 g/mol. The molecule has 0 unspecified atom stereocenters. The molecule has 3 aromatic heterocycles. The predicted octanol–water partition coefficient (Wildman–Crippen LogP) is 3.76. The predicted molar refractivity (Wildman–Crippen MR) is 101 cm³/mol. The molecule has 1 aromatic carbocycles. The Balaban J connectivity index is 1.49. The van der Waals surface area contributed by atoms with E-state index in [1.165, 1.54) is 0 Å². The summed E-state index contributed by atoms with van der Waals surface area (Å²) in [4.78, 5) is 19.3. The van der Waals surface area contributed by atoms with Crippen LogP contribution in [0.2, 0.25) is 0 Å². The fourth-order valence-electron chi connectivity index (χ4n) is 2.96. The number of fused-ring (bicyclic) bond motifs is 1. The van der Waals surface area contributed by atoms with E-state index in [-0.39, 0.29) is 6.54 Å². The molecule has 0 fully saturated rings. The fraction of sp³-hybridized carbons (Fsp3) is 0.0952. The molecule has 3 heterocycles. The maximum atomic E-state index is 10.9. The van der Waals surface area contributed by atoms with E-state index in [1.54, 1.807) is 29.4 Å². The number of carboxylic acids is 1. The summed E-state index contributed by atoms with van der Waals surface area (Å²) in [6.07, 6.45) is 6.88. The first-order chi connectivity index (χ1) is 13.2. The standard InChI is InChI=1S/C21H17N3O3/c25-20(26)13-24-9-6-18-11-19(12-23-21(18)24)27-14-15-2-1-3-17(10-15)16-4-7-22-8-5-16/h1-12H,13-14H2,(H,25,26). The summed E-state index contributed by atoms with van der Waals surface area (Å²) in [5.74, 6) is -0.256. The second kappa shape index (κ2) is 7.29. The van der Waals surface area contributed by atoms with Gasteiger partial charge in [0.2, 0.25) is 0 Å². The zero-order valence-corrected chi connectivity index (χ0v) is 14.4. The number of aromatic nitrogens is 3. The van der Waals surface area contributed by atoms with Crippen LogP contribution in [0.4, 0.5) is 0 Å². The molecule has 0 radical (unpaired) electrons. The summed E-state index contributed by atoms with van der Waals surface area (Å²) in [5.41, 5.74) is 3.89. The number of ether oxygens (including phenoxy) is 1. The zero-order valence-electron chi connectivity index (χ0n) is 14.4. The van der Waals surface area contributed by atoms with Crippen molar-refractivity contribution in [2.45, 2.75) is 13.2 Å². The smallest absolute Gasteiger partial charge is 0.323 e. The number of hydrogen-bond acceptors (Lipinski definition) is 4. The number of rotatable bonds is 6. The van der Waals surface area contributed by atoms with Crippen LogP contribution in [0.3, 0.4) is 0 Å². The van der Waals surface area contributed by atoms with Gasteiger partial charge < -0.3 is 14.4 Å². The van der Waals surface area contributed by atoms with Crippen LogP contribution >= 0.6 is 0 Å². The van der Waals surface area contributed by atoms with Crippen LogP contribution in [-0.2, 0) is 17.9 Å². The van der Waals surface area contributed by atoms with E-state index >= 15 is 0 Å². The molecule has 4 aromatic rings. The molecule has 0 atom stereocenters. The van der Waals surface area contributed by atoms with Crippen molar-refractivity contribution in [3.05, 3.63) is 78.9 Å². The van der Waals surface area contributed by atoms with Crippen LogP contribution in [0.1, 0.15) is 5.56 Å². The molecule has 6 heteroatoms. The van der Waals surface area contributed by atoms with Crippen LogP contribution in [-0.4, -0.2) is 25.6 Å². The summed E-state index contributed by atoms with van der Waals surface area (Å²) in [7, 11) is 0. The first-order valence-electron chi connectivity index (χ1n) is 8.48. The molecule has 0 spiro atoms. The lowest BCUT2D eigenvalue weighted by Gasteiger charge is -2.08. The number of nitrogens with zero attached hydrogens (tertiary/aromatic N) is 3. The van der Waals surface area contributed by atoms with Gasteiger partial charge in [0.1, 0.15) is 24.5 Å². The molecule has 1 N–H and O–H groups in total. The Hall–Kier alpha value is -3.67. The maximum absolute atomic E-state index is 10.9. The van der Waals surface area contributed by atoms with Gasteiger partial charge in [-0.1, -0.05) is 18.2 Å². The van der Waals surface area contributed by atoms with Gasteiger partial charge in [0.25, 0.3) is 0 Å². The molecule has 4 rings (SSSR count). The molecule has 0 aliphatic heterocycles. The molecule has 134 valence electrons. The van der Waals surface area contributed by atoms with Crippen molar-refractivity contribution in [1.82, 2.24) is 14.5 Å². The van der Waals surface area contributed by atoms with Crippen LogP contribution < -0.4 is 4.74 Å². The molecule has 0 bridgehead atoms. The van der Waals surface area contributed by atoms with Crippen molar-refractivity contribution in [1.29, 1.82) is 0 Å². The lowest BCUT2D eigenvalue weighted by Crippen LogP contribution is -2.07. The zero-order chi connectivity index (χ0) is 18.6. The summed E-state index contributed by atoms with van der Waals surface area (Å²) in [6, 6.07) is 15.8. The Kier molecular flexibility index (Phi) is 4.53. The number of aliphatic carboxylic acids is 1. The number of pyridine rings is 2. The van der Waals surface area contributed by atoms with E-state index in [0.29, 0.717) is 18.0 Å². The number of benzene rings is 1. The van der Waals surface area contributed by atoms with Crippen LogP contribution in [0.15, 0.2) is 73.3 Å². The SMILES string of the molecule is O=C(O)Cn1ccc2cc(OCc3cccc(-c4ccncc4)c3)cnc21. The van der Waals surface area contributed by atoms with E-state index in [9.17, 15) is 4.79 Å². The van der Waals surface area contributed by atoms with Crippen molar-refractivity contribution >= 4 is 17.0 Å². The van der Waals surface area contributed by atoms with Gasteiger partial charge in [-0.3, -0.25) is 9.78 Å². The highest BCUT2D eigenvalue weighted by molar-refractivity contribution is 5.79. The average molecular weight is 359 g/mol. The van der Waals surface area contributed by atoms with E-state index in [4.69, 9.17) is 9.84 Å². The quantitative estimate of drug-likeness (QED) is 0.567. The summed E-state index contributed by atoms with van der Waals surface area (Å²) >= 11 is 0. The number of hydrogen-bond donors (Lipinski definition) is 1. The van der Waals surface area contributed by atoms with E-state index in [0.717, 1.165) is 22.1 Å². The second-order valence-corrected chi connectivity index (χ2v) is 6.15. The van der Waals surface area contributed by atoms with Gasteiger partial charge >= 0.3 is 5.97 Å². The van der Waals surface area contributed by atoms with Gasteiger partial charge in [-0.15, -0.1) is 0 Å². The molecule has 0 saturated carbocycles. The van der Waals surface area contributed by atoms with Gasteiger partial charge in [-0.25, -0.2) is 4.98 Å². The van der Waals surface area contributed by atoms with Crippen molar-refractivity contribution in [2.75, 3.05) is 0 Å². The van der Waals surface area contributed by atoms with Crippen LogP contribution in [0, 0.1) is 0 Å². The summed E-state index contributed by atoms with van der Waals surface area (Å²) in [5, 5.41) is 9.78. The molecule has 0 saturated heterocycles. The molecule has 0 aliphatic carbocycles. The highest BCUT2D eigenvalue weighted by Crippen LogP contribution is 2.22. The van der Waals surface area contributed by atoms with Crippen LogP contribution in [0.5, 0.6) is 5.75 Å². The number of carbonyl (C=O) groups is 1. The Morgan fingerprint density at radius 3 is 2.74 bits per heavy atom. The molecule has 6 nitrogen and oxygen atoms in total. The minimum atomic E-state index is -0.899. The first-order valence-corrected chi connectivity index (χ1v) is 8.48. The topological polar surface area (TPSA) is 77.2 Å². The highest BCUT2D eigenvalue weighted by atomic mass is 16.5. The van der Waals surface area contributed by atoms with Gasteiger partial charge in [0.05, 0.1) is 6.20 Å². The van der Waals surface area contributed by atoms with Crippen molar-refractivity contribution in [3.8, 4) is 16.9 Å². The Labute approximate surface area is 155 Å². The van der Waals surface area contributed by atoms with Crippen molar-refractivity contribution < 1.29 is 14.6 Å². The second-order valence-electron chi connectivity index (χ2n) is 6.15. The van der Waals surface area contributed by atoms with Gasteiger partial charge in [0.15, 0.2) is 0 Å². The summed E-state index contributed by atoms with van der Waals surface area (Å²) in [6.45, 7) is 0.306. The fourth-order valence-corrected chi connectivity index (χ4v) is 2.96. The third kappa shape index (κ3) is 3.79. The molecular weight excluding hydrogens is 342 g/mol. The Bertz CT molecular complexity index is 1090. The molecule has 27 heavy (non-hydrogen) atoms. The van der Waals surface area contributed by atoms with Gasteiger partial charge in [-0.2, -0.15) is 0 Å². The molecular formula is C21H17N3O3. The molecule has 0 aliphatic rings. The minimum Gasteiger partial charge on any atom is -0.487 e. The third-order valence-corrected chi connectivity index (χ3v) is 4.23. The van der Waals surface area contributed by atoms with Crippen LogP contribution in [0.25, 0.3) is 22.2 Å². The van der Waals surface area contributed by atoms with Gasteiger partial charge in [0, 0.05) is 24.0 Å². The summed E-state index contributed by atoms with van der Waals surface area (Å²) < 4.78 is 7.48. The lowest BCUT2D eigenvalue weighted by atomic mass is 10.0. The normalized spacial score (nSPS) is 10.8. The Morgan fingerprint density at radius 1 is 1.07 bits per heavy atom. The third-order valence-electron chi connectivity index (χ3n) is 4.23. The van der Waals surface area contributed by atoms with Crippen molar-refractivity contribution in [2.24, 2.45) is 0 Å². The highest BCUT2D eigenvalue weighted by Gasteiger charge is 2.07. The first kappa shape index (κ1) is 16.8. The van der Waals surface area contributed by atoms with Crippen molar-refractivity contribution in [3.63, 3.8) is 0 Å². The average Bonchev–Trinajstić information content (AvgIpc) is 3.09. The lowest BCUT2D eigenvalue weighted by molar-refractivity contribution is -0.137. The van der Waals surface area contributed by atoms with E-state index in [2.05, 4.69) is 22.1 Å². The largest absolute Gasteiger partial charge is 0.487 e. The molecule has 0 amide bonds. The van der Waals surface area contributed by atoms with E-state index < -0.39 is 5.97 Å². The van der Waals surface area contributed by atoms with Gasteiger partial charge in [-0.05, 0) is 47.0 Å². The maximum Gasteiger partial charge on any atom is 0.323 e. The Morgan fingerprint density at radius 2 is 1.93 bits per heavy atom. The minimum absolute atomic E-state index is 0.113. The van der Waals surface area contributed by atoms with E-state index in [1.807, 2.05) is 36.4 Å².